The Hall–Kier alpha value is -2.90. The quantitative estimate of drug-likeness (QED) is 0.619. The number of benzene rings is 2. The van der Waals surface area contributed by atoms with Crippen molar-refractivity contribution in [1.29, 1.82) is 0 Å². The van der Waals surface area contributed by atoms with Gasteiger partial charge in [0.25, 0.3) is 0 Å². The molecule has 4 nitrogen and oxygen atoms in total. The Labute approximate surface area is 147 Å². The SMILES string of the molecule is CC(C)(C(=O)Nc1ccc(F)cc1)C(=O)Nc1ccccc1C(F)(F)F. The summed E-state index contributed by atoms with van der Waals surface area (Å²) in [6.07, 6.45) is -4.65. The van der Waals surface area contributed by atoms with Crippen molar-refractivity contribution in [2.75, 3.05) is 10.6 Å². The minimum absolute atomic E-state index is 0.257. The number of carbonyl (C=O) groups is 2. The van der Waals surface area contributed by atoms with Crippen LogP contribution in [0, 0.1) is 11.2 Å². The molecule has 2 N–H and O–H groups in total. The summed E-state index contributed by atoms with van der Waals surface area (Å²) in [5, 5.41) is 4.59. The molecule has 0 aromatic heterocycles. The molecule has 0 radical (unpaired) electrons. The van der Waals surface area contributed by atoms with Gasteiger partial charge in [0.05, 0.1) is 11.3 Å². The second-order valence-corrected chi connectivity index (χ2v) is 6.08. The highest BCUT2D eigenvalue weighted by atomic mass is 19.4. The molecule has 0 aliphatic carbocycles. The molecule has 2 amide bonds. The van der Waals surface area contributed by atoms with E-state index in [9.17, 15) is 27.2 Å². The maximum Gasteiger partial charge on any atom is 0.418 e. The van der Waals surface area contributed by atoms with Crippen LogP contribution in [0.1, 0.15) is 19.4 Å². The van der Waals surface area contributed by atoms with Gasteiger partial charge in [-0.05, 0) is 50.2 Å². The number of hydrogen-bond donors (Lipinski definition) is 2. The van der Waals surface area contributed by atoms with E-state index in [0.29, 0.717) is 0 Å². The zero-order valence-electron chi connectivity index (χ0n) is 13.9. The highest BCUT2D eigenvalue weighted by Crippen LogP contribution is 2.35. The first kappa shape index (κ1) is 19.4. The van der Waals surface area contributed by atoms with Crippen LogP contribution in [0.4, 0.5) is 28.9 Å². The molecule has 0 saturated carbocycles. The standard InChI is InChI=1S/C18H16F4N2O2/c1-17(2,15(25)23-12-9-7-11(19)8-10-12)16(26)24-14-6-4-3-5-13(14)18(20,21)22/h3-10H,1-2H3,(H,23,25)(H,24,26). The average molecular weight is 368 g/mol. The second kappa shape index (κ2) is 7.15. The number of carbonyl (C=O) groups excluding carboxylic acids is 2. The molecule has 0 saturated heterocycles. The van der Waals surface area contributed by atoms with Gasteiger partial charge in [0.1, 0.15) is 11.2 Å². The van der Waals surface area contributed by atoms with Crippen molar-refractivity contribution in [3.8, 4) is 0 Å². The first-order valence-electron chi connectivity index (χ1n) is 7.56. The molecule has 0 fully saturated rings. The largest absolute Gasteiger partial charge is 0.418 e. The van der Waals surface area contributed by atoms with E-state index in [1.54, 1.807) is 0 Å². The van der Waals surface area contributed by atoms with E-state index < -0.39 is 40.5 Å². The van der Waals surface area contributed by atoms with Crippen LogP contribution >= 0.6 is 0 Å². The molecular weight excluding hydrogens is 352 g/mol. The first-order chi connectivity index (χ1) is 12.0. The minimum Gasteiger partial charge on any atom is -0.325 e. The number of hydrogen-bond acceptors (Lipinski definition) is 2. The van der Waals surface area contributed by atoms with Gasteiger partial charge in [-0.2, -0.15) is 13.2 Å². The molecule has 0 bridgehead atoms. The van der Waals surface area contributed by atoms with E-state index in [4.69, 9.17) is 0 Å². The lowest BCUT2D eigenvalue weighted by atomic mass is 9.90. The summed E-state index contributed by atoms with van der Waals surface area (Å²) in [7, 11) is 0. The summed E-state index contributed by atoms with van der Waals surface area (Å²) >= 11 is 0. The van der Waals surface area contributed by atoms with Crippen molar-refractivity contribution in [2.24, 2.45) is 5.41 Å². The molecule has 0 spiro atoms. The van der Waals surface area contributed by atoms with Crippen molar-refractivity contribution in [2.45, 2.75) is 20.0 Å². The van der Waals surface area contributed by atoms with Crippen LogP contribution in [-0.4, -0.2) is 11.8 Å². The Bertz CT molecular complexity index is 815. The number of nitrogens with one attached hydrogen (secondary N) is 2. The van der Waals surface area contributed by atoms with E-state index in [-0.39, 0.29) is 5.69 Å². The van der Waals surface area contributed by atoms with Crippen LogP contribution < -0.4 is 10.6 Å². The Morgan fingerprint density at radius 3 is 1.96 bits per heavy atom. The third-order valence-corrected chi connectivity index (χ3v) is 3.72. The number of alkyl halides is 3. The zero-order valence-corrected chi connectivity index (χ0v) is 13.9. The minimum atomic E-state index is -4.65. The lowest BCUT2D eigenvalue weighted by molar-refractivity contribution is -0.137. The van der Waals surface area contributed by atoms with Crippen LogP contribution in [0.25, 0.3) is 0 Å². The predicted molar refractivity (Wildman–Crippen MR) is 88.9 cm³/mol. The lowest BCUT2D eigenvalue weighted by Gasteiger charge is -2.24. The first-order valence-corrected chi connectivity index (χ1v) is 7.56. The Kier molecular flexibility index (Phi) is 5.34. The molecule has 2 aromatic carbocycles. The summed E-state index contributed by atoms with van der Waals surface area (Å²) in [6, 6.07) is 9.35. The van der Waals surface area contributed by atoms with Crippen LogP contribution in [-0.2, 0) is 15.8 Å². The van der Waals surface area contributed by atoms with Gasteiger partial charge in [-0.15, -0.1) is 0 Å². The molecule has 0 heterocycles. The van der Waals surface area contributed by atoms with E-state index >= 15 is 0 Å². The summed E-state index contributed by atoms with van der Waals surface area (Å²) < 4.78 is 51.9. The third-order valence-electron chi connectivity index (χ3n) is 3.72. The highest BCUT2D eigenvalue weighted by molar-refractivity contribution is 6.14. The van der Waals surface area contributed by atoms with Crippen LogP contribution in [0.2, 0.25) is 0 Å². The molecule has 2 rings (SSSR count). The summed E-state index contributed by atoms with van der Waals surface area (Å²) in [4.78, 5) is 24.7. The van der Waals surface area contributed by atoms with Gasteiger partial charge in [0, 0.05) is 5.69 Å². The normalized spacial score (nSPS) is 11.8. The lowest BCUT2D eigenvalue weighted by Crippen LogP contribution is -2.41. The van der Waals surface area contributed by atoms with Crippen molar-refractivity contribution in [1.82, 2.24) is 0 Å². The number of anilines is 2. The van der Waals surface area contributed by atoms with Crippen LogP contribution in [0.3, 0.4) is 0 Å². The number of halogens is 4. The van der Waals surface area contributed by atoms with Crippen molar-refractivity contribution < 1.29 is 27.2 Å². The predicted octanol–water partition coefficient (Wildman–Crippen LogP) is 4.45. The van der Waals surface area contributed by atoms with Gasteiger partial charge in [-0.25, -0.2) is 4.39 Å². The van der Waals surface area contributed by atoms with E-state index in [1.165, 1.54) is 38.1 Å². The van der Waals surface area contributed by atoms with Gasteiger partial charge in [0.15, 0.2) is 0 Å². The van der Waals surface area contributed by atoms with E-state index in [2.05, 4.69) is 10.6 Å². The number of rotatable bonds is 4. The molecule has 0 unspecified atom stereocenters. The summed E-state index contributed by atoms with van der Waals surface area (Å²) in [5.41, 5.74) is -2.86. The topological polar surface area (TPSA) is 58.2 Å². The molecular formula is C18H16F4N2O2. The van der Waals surface area contributed by atoms with E-state index in [0.717, 1.165) is 24.3 Å². The molecule has 2 aromatic rings. The van der Waals surface area contributed by atoms with Crippen molar-refractivity contribution in [3.05, 3.63) is 59.9 Å². The van der Waals surface area contributed by atoms with Gasteiger partial charge >= 0.3 is 6.18 Å². The highest BCUT2D eigenvalue weighted by Gasteiger charge is 2.38. The molecule has 8 heteroatoms. The summed E-state index contributed by atoms with van der Waals surface area (Å²) in [5.74, 6) is -2.15. The summed E-state index contributed by atoms with van der Waals surface area (Å²) in [6.45, 7) is 2.55. The average Bonchev–Trinajstić information content (AvgIpc) is 2.56. The zero-order chi connectivity index (χ0) is 19.5. The molecule has 0 aliphatic heterocycles. The van der Waals surface area contributed by atoms with Crippen LogP contribution in [0.15, 0.2) is 48.5 Å². The molecule has 138 valence electrons. The maximum atomic E-state index is 13.0. The van der Waals surface area contributed by atoms with Crippen LogP contribution in [0.5, 0.6) is 0 Å². The fraction of sp³-hybridized carbons (Fsp3) is 0.222. The Balaban J connectivity index is 2.17. The fourth-order valence-corrected chi connectivity index (χ4v) is 2.04. The number of para-hydroxylation sites is 1. The van der Waals surface area contributed by atoms with Gasteiger partial charge in [-0.3, -0.25) is 9.59 Å². The smallest absolute Gasteiger partial charge is 0.325 e. The number of amides is 2. The third kappa shape index (κ3) is 4.38. The second-order valence-electron chi connectivity index (χ2n) is 6.08. The van der Waals surface area contributed by atoms with Gasteiger partial charge in [0.2, 0.25) is 11.8 Å². The van der Waals surface area contributed by atoms with Gasteiger partial charge in [-0.1, -0.05) is 12.1 Å². The maximum absolute atomic E-state index is 13.0. The monoisotopic (exact) mass is 368 g/mol. The van der Waals surface area contributed by atoms with Gasteiger partial charge < -0.3 is 10.6 Å². The van der Waals surface area contributed by atoms with Crippen molar-refractivity contribution in [3.63, 3.8) is 0 Å². The van der Waals surface area contributed by atoms with Crippen molar-refractivity contribution >= 4 is 23.2 Å². The Morgan fingerprint density at radius 1 is 0.846 bits per heavy atom. The molecule has 0 aliphatic rings. The van der Waals surface area contributed by atoms with E-state index in [1.807, 2.05) is 0 Å². The fourth-order valence-electron chi connectivity index (χ4n) is 2.04. The molecule has 0 atom stereocenters. The molecule has 26 heavy (non-hydrogen) atoms. The Morgan fingerprint density at radius 2 is 1.38 bits per heavy atom.